The predicted octanol–water partition coefficient (Wildman–Crippen LogP) is 5.02. The third-order valence-electron chi connectivity index (χ3n) is 4.64. The van der Waals surface area contributed by atoms with Crippen molar-refractivity contribution in [2.75, 3.05) is 7.05 Å². The van der Waals surface area contributed by atoms with Crippen LogP contribution in [0.2, 0.25) is 5.02 Å². The van der Waals surface area contributed by atoms with Gasteiger partial charge in [0.2, 0.25) is 0 Å². The van der Waals surface area contributed by atoms with Crippen LogP contribution < -0.4 is 10.6 Å². The second kappa shape index (κ2) is 9.29. The lowest BCUT2D eigenvalue weighted by Crippen LogP contribution is -2.58. The van der Waals surface area contributed by atoms with Gasteiger partial charge in [0.05, 0.1) is 10.1 Å². The molecule has 3 N–H and O–H groups in total. The zero-order chi connectivity index (χ0) is 20.9. The molecule has 0 saturated carbocycles. The molecule has 0 bridgehead atoms. The fraction of sp³-hybridized carbons (Fsp3) is 0.455. The van der Waals surface area contributed by atoms with E-state index in [1.54, 1.807) is 24.9 Å². The molecule has 28 heavy (non-hydrogen) atoms. The number of halogens is 1. The average Bonchev–Trinajstić information content (AvgIpc) is 2.55. The van der Waals surface area contributed by atoms with E-state index in [-0.39, 0.29) is 11.1 Å². The molecule has 0 radical (unpaired) electrons. The normalized spacial score (nSPS) is 19.6. The number of carbonyl (C=O) groups excluding carboxylic acids is 1. The van der Waals surface area contributed by atoms with Crippen LogP contribution in [0.4, 0.5) is 0 Å². The van der Waals surface area contributed by atoms with E-state index in [0.717, 1.165) is 35.8 Å². The Kier molecular flexibility index (Phi) is 7.54. The van der Waals surface area contributed by atoms with Crippen LogP contribution in [0.3, 0.4) is 0 Å². The minimum Gasteiger partial charge on any atom is -0.393 e. The van der Waals surface area contributed by atoms with Crippen LogP contribution >= 0.6 is 23.4 Å². The van der Waals surface area contributed by atoms with Gasteiger partial charge >= 0.3 is 0 Å². The molecule has 1 aromatic carbocycles. The van der Waals surface area contributed by atoms with Gasteiger partial charge in [0, 0.05) is 35.1 Å². The maximum absolute atomic E-state index is 10.6. The SMILES string of the molecule is CNC=C(/C=C\C=O)c1ccc(C(=N)SC2CC(C)(C)NC(C)(C)C2)c(Cl)c1. The number of thioether (sulfide) groups is 1. The van der Waals surface area contributed by atoms with Gasteiger partial charge < -0.3 is 10.6 Å². The summed E-state index contributed by atoms with van der Waals surface area (Å²) in [6.45, 7) is 8.87. The summed E-state index contributed by atoms with van der Waals surface area (Å²) in [5, 5.41) is 16.7. The fourth-order valence-corrected chi connectivity index (χ4v) is 5.92. The number of piperidine rings is 1. The van der Waals surface area contributed by atoms with E-state index in [1.165, 1.54) is 6.08 Å². The zero-order valence-electron chi connectivity index (χ0n) is 17.2. The summed E-state index contributed by atoms with van der Waals surface area (Å²) in [5.41, 5.74) is 2.58. The first-order valence-corrected chi connectivity index (χ1v) is 10.7. The van der Waals surface area contributed by atoms with Gasteiger partial charge in [-0.25, -0.2) is 0 Å². The summed E-state index contributed by atoms with van der Waals surface area (Å²) in [4.78, 5) is 10.6. The molecule has 4 nitrogen and oxygen atoms in total. The summed E-state index contributed by atoms with van der Waals surface area (Å²) in [6.07, 6.45) is 7.74. The molecular weight excluding hydrogens is 390 g/mol. The van der Waals surface area contributed by atoms with Crippen molar-refractivity contribution < 1.29 is 4.79 Å². The van der Waals surface area contributed by atoms with Crippen molar-refractivity contribution in [3.63, 3.8) is 0 Å². The van der Waals surface area contributed by atoms with Crippen LogP contribution in [0.15, 0.2) is 36.6 Å². The number of rotatable bonds is 6. The van der Waals surface area contributed by atoms with E-state index >= 15 is 0 Å². The van der Waals surface area contributed by atoms with Crippen LogP contribution in [0, 0.1) is 5.41 Å². The maximum atomic E-state index is 10.6. The van der Waals surface area contributed by atoms with Crippen molar-refractivity contribution in [1.82, 2.24) is 10.6 Å². The van der Waals surface area contributed by atoms with Gasteiger partial charge in [-0.3, -0.25) is 10.2 Å². The third-order valence-corrected chi connectivity index (χ3v) is 6.07. The lowest BCUT2D eigenvalue weighted by Gasteiger charge is -2.46. The topological polar surface area (TPSA) is 65.0 Å². The Morgan fingerprint density at radius 3 is 2.46 bits per heavy atom. The van der Waals surface area contributed by atoms with Crippen molar-refractivity contribution in [2.24, 2.45) is 0 Å². The Labute approximate surface area is 177 Å². The van der Waals surface area contributed by atoms with Gasteiger partial charge in [-0.15, -0.1) is 11.8 Å². The van der Waals surface area contributed by atoms with Gasteiger partial charge in [0.15, 0.2) is 0 Å². The number of carbonyl (C=O) groups is 1. The lowest BCUT2D eigenvalue weighted by molar-refractivity contribution is -0.104. The van der Waals surface area contributed by atoms with E-state index in [4.69, 9.17) is 17.0 Å². The summed E-state index contributed by atoms with van der Waals surface area (Å²) in [7, 11) is 1.80. The highest BCUT2D eigenvalue weighted by Crippen LogP contribution is 2.37. The summed E-state index contributed by atoms with van der Waals surface area (Å²) < 4.78 is 0. The molecule has 6 heteroatoms. The van der Waals surface area contributed by atoms with Crippen molar-refractivity contribution in [3.05, 3.63) is 52.7 Å². The lowest BCUT2D eigenvalue weighted by atomic mass is 9.82. The standard InChI is InChI=1S/C22H30ClN3OS/c1-21(2)12-17(13-22(3,4)26-21)28-20(24)18-9-8-15(11-19(18)23)16(14-25-5)7-6-10-27/h6-11,14,17,24-26H,12-13H2,1-5H3/b7-6-,16-14?,24-20?. The smallest absolute Gasteiger partial charge is 0.142 e. The zero-order valence-corrected chi connectivity index (χ0v) is 18.8. The van der Waals surface area contributed by atoms with Crippen LogP contribution in [0.1, 0.15) is 51.7 Å². The first kappa shape index (κ1) is 22.7. The van der Waals surface area contributed by atoms with Crippen molar-refractivity contribution in [3.8, 4) is 0 Å². The molecule has 1 heterocycles. The van der Waals surface area contributed by atoms with E-state index in [1.807, 2.05) is 24.4 Å². The van der Waals surface area contributed by atoms with Crippen LogP contribution in [0.5, 0.6) is 0 Å². The second-order valence-electron chi connectivity index (χ2n) is 8.45. The molecule has 1 saturated heterocycles. The average molecular weight is 420 g/mol. The minimum absolute atomic E-state index is 0.0467. The highest BCUT2D eigenvalue weighted by atomic mass is 35.5. The monoisotopic (exact) mass is 419 g/mol. The molecule has 2 rings (SSSR count). The van der Waals surface area contributed by atoms with Crippen molar-refractivity contribution in [1.29, 1.82) is 5.41 Å². The van der Waals surface area contributed by atoms with E-state index in [0.29, 0.717) is 15.3 Å². The van der Waals surface area contributed by atoms with Gasteiger partial charge in [-0.05, 0) is 69.9 Å². The molecule has 1 aliphatic rings. The first-order valence-electron chi connectivity index (χ1n) is 9.41. The quantitative estimate of drug-likeness (QED) is 0.199. The van der Waals surface area contributed by atoms with Gasteiger partial charge in [0.25, 0.3) is 0 Å². The second-order valence-corrected chi connectivity index (χ2v) is 10.2. The summed E-state index contributed by atoms with van der Waals surface area (Å²) >= 11 is 8.13. The molecular formula is C22H30ClN3OS. The molecule has 0 unspecified atom stereocenters. The molecule has 0 aliphatic carbocycles. The van der Waals surface area contributed by atoms with Crippen LogP contribution in [-0.4, -0.2) is 34.7 Å². The first-order chi connectivity index (χ1) is 13.1. The maximum Gasteiger partial charge on any atom is 0.142 e. The fourth-order valence-electron chi connectivity index (χ4n) is 3.95. The Morgan fingerprint density at radius 1 is 1.29 bits per heavy atom. The van der Waals surface area contributed by atoms with Crippen molar-refractivity contribution >= 4 is 40.3 Å². The molecule has 152 valence electrons. The highest BCUT2D eigenvalue weighted by molar-refractivity contribution is 8.14. The van der Waals surface area contributed by atoms with Gasteiger partial charge in [-0.2, -0.15) is 0 Å². The number of aldehydes is 1. The number of benzene rings is 1. The van der Waals surface area contributed by atoms with E-state index in [2.05, 4.69) is 38.3 Å². The van der Waals surface area contributed by atoms with E-state index < -0.39 is 0 Å². The molecule has 0 atom stereocenters. The third kappa shape index (κ3) is 6.23. The number of hydrogen-bond acceptors (Lipinski definition) is 5. The Hall–Kier alpha value is -1.56. The predicted molar refractivity (Wildman–Crippen MR) is 122 cm³/mol. The Bertz CT molecular complexity index is 783. The minimum atomic E-state index is 0.0467. The number of nitrogens with one attached hydrogen (secondary N) is 3. The Balaban J connectivity index is 2.19. The van der Waals surface area contributed by atoms with Crippen molar-refractivity contribution in [2.45, 2.75) is 56.9 Å². The van der Waals surface area contributed by atoms with Crippen LogP contribution in [0.25, 0.3) is 5.57 Å². The molecule has 1 aliphatic heterocycles. The molecule has 0 spiro atoms. The molecule has 1 fully saturated rings. The van der Waals surface area contributed by atoms with Crippen LogP contribution in [-0.2, 0) is 4.79 Å². The molecule has 1 aromatic rings. The Morgan fingerprint density at radius 2 is 1.93 bits per heavy atom. The summed E-state index contributed by atoms with van der Waals surface area (Å²) in [5.74, 6) is 0. The largest absolute Gasteiger partial charge is 0.393 e. The van der Waals surface area contributed by atoms with E-state index in [9.17, 15) is 4.79 Å². The van der Waals surface area contributed by atoms with Gasteiger partial charge in [-0.1, -0.05) is 23.7 Å². The van der Waals surface area contributed by atoms with Gasteiger partial charge in [0.1, 0.15) is 6.29 Å². The number of hydrogen-bond donors (Lipinski definition) is 3. The summed E-state index contributed by atoms with van der Waals surface area (Å²) in [6, 6.07) is 5.67. The molecule has 0 amide bonds. The highest BCUT2D eigenvalue weighted by Gasteiger charge is 2.38. The number of allylic oxidation sites excluding steroid dienone is 3. The molecule has 0 aromatic heterocycles.